The molecule has 1 fully saturated rings. The SMILES string of the molecule is CC(C)(C)[C@@H](NC(=O)N(CCC#N)C1CC1)C(=O)O. The smallest absolute Gasteiger partial charge is 0.326 e. The molecule has 0 spiro atoms. The molecule has 0 unspecified atom stereocenters. The predicted molar refractivity (Wildman–Crippen MR) is 69.4 cm³/mol. The summed E-state index contributed by atoms with van der Waals surface area (Å²) in [6, 6.07) is 0.829. The maximum absolute atomic E-state index is 12.1. The van der Waals surface area contributed by atoms with Gasteiger partial charge in [0.1, 0.15) is 6.04 Å². The van der Waals surface area contributed by atoms with Crippen molar-refractivity contribution in [1.29, 1.82) is 5.26 Å². The van der Waals surface area contributed by atoms with Crippen molar-refractivity contribution in [1.82, 2.24) is 10.2 Å². The van der Waals surface area contributed by atoms with Crippen LogP contribution in [-0.2, 0) is 4.79 Å². The van der Waals surface area contributed by atoms with Crippen molar-refractivity contribution < 1.29 is 14.7 Å². The highest BCUT2D eigenvalue weighted by Gasteiger charge is 2.37. The number of carbonyl (C=O) groups is 2. The molecule has 0 saturated heterocycles. The summed E-state index contributed by atoms with van der Waals surface area (Å²) in [7, 11) is 0. The topological polar surface area (TPSA) is 93.4 Å². The number of urea groups is 1. The Bertz CT molecular complexity index is 391. The molecule has 6 nitrogen and oxygen atoms in total. The molecule has 0 aromatic carbocycles. The van der Waals surface area contributed by atoms with E-state index < -0.39 is 17.4 Å². The van der Waals surface area contributed by atoms with Crippen LogP contribution in [0.2, 0.25) is 0 Å². The Hall–Kier alpha value is -1.77. The maximum Gasteiger partial charge on any atom is 0.326 e. The first-order valence-electron chi connectivity index (χ1n) is 6.44. The third kappa shape index (κ3) is 4.43. The summed E-state index contributed by atoms with van der Waals surface area (Å²) in [4.78, 5) is 24.9. The Morgan fingerprint density at radius 3 is 2.42 bits per heavy atom. The van der Waals surface area contributed by atoms with Crippen LogP contribution < -0.4 is 5.32 Å². The number of nitriles is 1. The van der Waals surface area contributed by atoms with Gasteiger partial charge in [-0.2, -0.15) is 5.26 Å². The second-order valence-corrected chi connectivity index (χ2v) is 5.92. The summed E-state index contributed by atoms with van der Waals surface area (Å²) >= 11 is 0. The second kappa shape index (κ2) is 5.91. The zero-order chi connectivity index (χ0) is 14.6. The molecule has 106 valence electrons. The van der Waals surface area contributed by atoms with Crippen LogP contribution in [0.3, 0.4) is 0 Å². The fourth-order valence-electron chi connectivity index (χ4n) is 1.86. The van der Waals surface area contributed by atoms with Crippen molar-refractivity contribution in [3.8, 4) is 6.07 Å². The monoisotopic (exact) mass is 267 g/mol. The Kier molecular flexibility index (Phi) is 4.76. The van der Waals surface area contributed by atoms with Gasteiger partial charge >= 0.3 is 12.0 Å². The number of nitrogens with one attached hydrogen (secondary N) is 1. The number of nitrogens with zero attached hydrogens (tertiary/aromatic N) is 2. The number of carboxylic acid groups (broad SMARTS) is 1. The number of hydrogen-bond donors (Lipinski definition) is 2. The summed E-state index contributed by atoms with van der Waals surface area (Å²) in [6.07, 6.45) is 2.11. The first-order chi connectivity index (χ1) is 8.77. The van der Waals surface area contributed by atoms with Crippen LogP contribution in [0.25, 0.3) is 0 Å². The lowest BCUT2D eigenvalue weighted by atomic mass is 9.87. The molecule has 1 atom stereocenters. The highest BCUT2D eigenvalue weighted by atomic mass is 16.4. The van der Waals surface area contributed by atoms with Gasteiger partial charge in [-0.3, -0.25) is 0 Å². The Balaban J connectivity index is 2.69. The summed E-state index contributed by atoms with van der Waals surface area (Å²) in [5.74, 6) is -1.04. The minimum absolute atomic E-state index is 0.155. The summed E-state index contributed by atoms with van der Waals surface area (Å²) < 4.78 is 0. The molecule has 1 saturated carbocycles. The maximum atomic E-state index is 12.1. The molecule has 0 radical (unpaired) electrons. The van der Waals surface area contributed by atoms with Crippen molar-refractivity contribution in [2.45, 2.75) is 52.1 Å². The van der Waals surface area contributed by atoms with Gasteiger partial charge in [0.25, 0.3) is 0 Å². The summed E-state index contributed by atoms with van der Waals surface area (Å²) in [6.45, 7) is 5.65. The minimum atomic E-state index is -1.04. The summed E-state index contributed by atoms with van der Waals surface area (Å²) in [5, 5.41) is 20.3. The van der Waals surface area contributed by atoms with Gasteiger partial charge in [-0.25, -0.2) is 9.59 Å². The fourth-order valence-corrected chi connectivity index (χ4v) is 1.86. The quantitative estimate of drug-likeness (QED) is 0.790. The number of carbonyl (C=O) groups excluding carboxylic acids is 1. The van der Waals surface area contributed by atoms with Crippen molar-refractivity contribution in [3.05, 3.63) is 0 Å². The lowest BCUT2D eigenvalue weighted by Gasteiger charge is -2.31. The largest absolute Gasteiger partial charge is 0.480 e. The van der Waals surface area contributed by atoms with Crippen molar-refractivity contribution >= 4 is 12.0 Å². The molecule has 0 aliphatic heterocycles. The van der Waals surface area contributed by atoms with Gasteiger partial charge < -0.3 is 15.3 Å². The first-order valence-corrected chi connectivity index (χ1v) is 6.44. The molecule has 0 heterocycles. The van der Waals surface area contributed by atoms with Gasteiger partial charge in [0, 0.05) is 12.6 Å². The van der Waals surface area contributed by atoms with Gasteiger partial charge in [0.15, 0.2) is 0 Å². The predicted octanol–water partition coefficient (Wildman–Crippen LogP) is 1.57. The lowest BCUT2D eigenvalue weighted by molar-refractivity contribution is -0.142. The minimum Gasteiger partial charge on any atom is -0.480 e. The average molecular weight is 267 g/mol. The molecule has 1 rings (SSSR count). The van der Waals surface area contributed by atoms with E-state index in [1.54, 1.807) is 25.7 Å². The second-order valence-electron chi connectivity index (χ2n) is 5.92. The van der Waals surface area contributed by atoms with Crippen LogP contribution in [0.15, 0.2) is 0 Å². The van der Waals surface area contributed by atoms with E-state index in [0.29, 0.717) is 6.54 Å². The van der Waals surface area contributed by atoms with E-state index >= 15 is 0 Å². The van der Waals surface area contributed by atoms with Gasteiger partial charge in [0.2, 0.25) is 0 Å². The van der Waals surface area contributed by atoms with E-state index in [4.69, 9.17) is 5.26 Å². The number of carboxylic acids is 1. The van der Waals surface area contributed by atoms with E-state index in [2.05, 4.69) is 5.32 Å². The standard InChI is InChI=1S/C13H21N3O3/c1-13(2,3)10(11(17)18)15-12(19)16(8-4-7-14)9-5-6-9/h9-10H,4-6,8H2,1-3H3,(H,15,19)(H,17,18)/t10-/m0/s1. The van der Waals surface area contributed by atoms with Crippen LogP contribution in [-0.4, -0.2) is 40.6 Å². The van der Waals surface area contributed by atoms with E-state index in [9.17, 15) is 14.7 Å². The van der Waals surface area contributed by atoms with E-state index in [-0.39, 0.29) is 18.5 Å². The Morgan fingerprint density at radius 1 is 1.47 bits per heavy atom. The van der Waals surface area contributed by atoms with Crippen molar-refractivity contribution in [2.75, 3.05) is 6.54 Å². The lowest BCUT2D eigenvalue weighted by Crippen LogP contribution is -2.54. The molecular formula is C13H21N3O3. The third-order valence-electron chi connectivity index (χ3n) is 3.09. The highest BCUT2D eigenvalue weighted by molar-refractivity contribution is 5.83. The van der Waals surface area contributed by atoms with Gasteiger partial charge in [-0.15, -0.1) is 0 Å². The van der Waals surface area contributed by atoms with Crippen molar-refractivity contribution in [2.24, 2.45) is 5.41 Å². The van der Waals surface area contributed by atoms with Gasteiger partial charge in [-0.1, -0.05) is 20.8 Å². The molecule has 0 aromatic heterocycles. The molecule has 2 amide bonds. The highest BCUT2D eigenvalue weighted by Crippen LogP contribution is 2.27. The Labute approximate surface area is 113 Å². The van der Waals surface area contributed by atoms with Crippen molar-refractivity contribution in [3.63, 3.8) is 0 Å². The molecular weight excluding hydrogens is 246 g/mol. The number of aliphatic carboxylic acids is 1. The third-order valence-corrected chi connectivity index (χ3v) is 3.09. The molecule has 0 aromatic rings. The molecule has 2 N–H and O–H groups in total. The molecule has 1 aliphatic carbocycles. The Morgan fingerprint density at radius 2 is 2.05 bits per heavy atom. The molecule has 0 bridgehead atoms. The fraction of sp³-hybridized carbons (Fsp3) is 0.769. The zero-order valence-corrected chi connectivity index (χ0v) is 11.6. The molecule has 6 heteroatoms. The molecule has 19 heavy (non-hydrogen) atoms. The van der Waals surface area contributed by atoms with Crippen LogP contribution in [0, 0.1) is 16.7 Å². The summed E-state index contributed by atoms with van der Waals surface area (Å²) in [5.41, 5.74) is -0.564. The first kappa shape index (κ1) is 15.3. The van der Waals surface area contributed by atoms with Crippen LogP contribution in [0.4, 0.5) is 4.79 Å². The van der Waals surface area contributed by atoms with E-state index in [1.807, 2.05) is 6.07 Å². The molecule has 1 aliphatic rings. The average Bonchev–Trinajstić information content (AvgIpc) is 3.08. The van der Waals surface area contributed by atoms with Crippen LogP contribution in [0.5, 0.6) is 0 Å². The van der Waals surface area contributed by atoms with Crippen LogP contribution in [0.1, 0.15) is 40.0 Å². The van der Waals surface area contributed by atoms with Gasteiger partial charge in [0.05, 0.1) is 12.5 Å². The number of hydrogen-bond acceptors (Lipinski definition) is 3. The van der Waals surface area contributed by atoms with E-state index in [1.165, 1.54) is 0 Å². The van der Waals surface area contributed by atoms with Crippen LogP contribution >= 0.6 is 0 Å². The number of rotatable bonds is 5. The number of amides is 2. The zero-order valence-electron chi connectivity index (χ0n) is 11.6. The van der Waals surface area contributed by atoms with E-state index in [0.717, 1.165) is 12.8 Å². The van der Waals surface area contributed by atoms with Gasteiger partial charge in [-0.05, 0) is 18.3 Å². The normalized spacial score (nSPS) is 16.3.